The summed E-state index contributed by atoms with van der Waals surface area (Å²) in [7, 11) is 0. The van der Waals surface area contributed by atoms with E-state index in [2.05, 4.69) is 24.0 Å². The zero-order chi connectivity index (χ0) is 19.2. The van der Waals surface area contributed by atoms with Gasteiger partial charge >= 0.3 is 0 Å². The summed E-state index contributed by atoms with van der Waals surface area (Å²) in [6.07, 6.45) is 2.24. The van der Waals surface area contributed by atoms with E-state index in [0.717, 1.165) is 24.1 Å². The summed E-state index contributed by atoms with van der Waals surface area (Å²) in [6, 6.07) is 18.4. The zero-order valence-electron chi connectivity index (χ0n) is 15.8. The van der Waals surface area contributed by atoms with Crippen molar-refractivity contribution in [3.05, 3.63) is 65.7 Å². The fourth-order valence-electron chi connectivity index (χ4n) is 3.59. The smallest absolute Gasteiger partial charge is 0.242 e. The maximum absolute atomic E-state index is 13.1. The van der Waals surface area contributed by atoms with Crippen molar-refractivity contribution in [2.75, 3.05) is 18.0 Å². The van der Waals surface area contributed by atoms with Crippen LogP contribution < -0.4 is 10.6 Å². The molecular formula is C22H27N3O2. The molecule has 2 N–H and O–H groups in total. The van der Waals surface area contributed by atoms with Crippen LogP contribution in [-0.2, 0) is 22.6 Å². The lowest BCUT2D eigenvalue weighted by molar-refractivity contribution is -0.131. The van der Waals surface area contributed by atoms with Gasteiger partial charge in [-0.3, -0.25) is 9.59 Å². The first-order chi connectivity index (χ1) is 13.0. The number of primary amides is 1. The van der Waals surface area contributed by atoms with Crippen molar-refractivity contribution in [3.63, 3.8) is 0 Å². The van der Waals surface area contributed by atoms with Crippen LogP contribution in [0.25, 0.3) is 0 Å². The molecule has 27 heavy (non-hydrogen) atoms. The number of carbonyl (C=O) groups excluding carboxylic acids is 2. The SMILES string of the molecule is CC1CCc2ccccc2N1CC(=O)N(CCC(N)=O)Cc1ccccc1. The molecule has 1 aliphatic rings. The lowest BCUT2D eigenvalue weighted by Gasteiger charge is -2.38. The highest BCUT2D eigenvalue weighted by molar-refractivity contribution is 5.83. The van der Waals surface area contributed by atoms with E-state index in [1.54, 1.807) is 4.90 Å². The molecule has 0 radical (unpaired) electrons. The van der Waals surface area contributed by atoms with Crippen LogP contribution in [0, 0.1) is 0 Å². The van der Waals surface area contributed by atoms with Crippen molar-refractivity contribution in [1.29, 1.82) is 0 Å². The topological polar surface area (TPSA) is 66.6 Å². The van der Waals surface area contributed by atoms with E-state index in [-0.39, 0.29) is 12.3 Å². The molecule has 0 bridgehead atoms. The molecular weight excluding hydrogens is 338 g/mol. The normalized spacial score (nSPS) is 15.9. The van der Waals surface area contributed by atoms with Crippen LogP contribution in [0.3, 0.4) is 0 Å². The summed E-state index contributed by atoms with van der Waals surface area (Å²) in [5.74, 6) is -0.374. The summed E-state index contributed by atoms with van der Waals surface area (Å²) in [4.78, 5) is 28.3. The van der Waals surface area contributed by atoms with E-state index < -0.39 is 5.91 Å². The van der Waals surface area contributed by atoms with Crippen LogP contribution in [0.4, 0.5) is 5.69 Å². The lowest BCUT2D eigenvalue weighted by atomic mass is 9.96. The fraction of sp³-hybridized carbons (Fsp3) is 0.364. The third kappa shape index (κ3) is 4.88. The number of nitrogens with zero attached hydrogens (tertiary/aromatic N) is 2. The third-order valence-electron chi connectivity index (χ3n) is 5.17. The van der Waals surface area contributed by atoms with Crippen molar-refractivity contribution in [2.24, 2.45) is 5.73 Å². The number of amides is 2. The van der Waals surface area contributed by atoms with E-state index in [4.69, 9.17) is 5.73 Å². The molecule has 1 aliphatic heterocycles. The second-order valence-electron chi connectivity index (χ2n) is 7.16. The van der Waals surface area contributed by atoms with E-state index in [1.807, 2.05) is 42.5 Å². The summed E-state index contributed by atoms with van der Waals surface area (Å²) in [5.41, 5.74) is 8.79. The average Bonchev–Trinajstić information content (AvgIpc) is 2.68. The number of rotatable bonds is 7. The summed E-state index contributed by atoms with van der Waals surface area (Å²) >= 11 is 0. The highest BCUT2D eigenvalue weighted by atomic mass is 16.2. The van der Waals surface area contributed by atoms with E-state index in [1.165, 1.54) is 5.56 Å². The maximum Gasteiger partial charge on any atom is 0.242 e. The molecule has 2 amide bonds. The first-order valence-electron chi connectivity index (χ1n) is 9.49. The standard InChI is InChI=1S/C22H27N3O2/c1-17-11-12-19-9-5-6-10-20(19)25(17)16-22(27)24(14-13-21(23)26)15-18-7-3-2-4-8-18/h2-10,17H,11-16H2,1H3,(H2,23,26). The number of carbonyl (C=O) groups is 2. The first kappa shape index (κ1) is 19.0. The highest BCUT2D eigenvalue weighted by Gasteiger charge is 2.26. The Balaban J connectivity index is 1.76. The largest absolute Gasteiger partial charge is 0.370 e. The number of nitrogens with two attached hydrogens (primary N) is 1. The number of para-hydroxylation sites is 1. The molecule has 0 fully saturated rings. The minimum atomic E-state index is -0.391. The Morgan fingerprint density at radius 3 is 2.56 bits per heavy atom. The number of hydrogen-bond acceptors (Lipinski definition) is 3. The van der Waals surface area contributed by atoms with Gasteiger partial charge in [0.1, 0.15) is 0 Å². The Hall–Kier alpha value is -2.82. The summed E-state index contributed by atoms with van der Waals surface area (Å²) in [6.45, 7) is 3.29. The molecule has 0 saturated heterocycles. The fourth-order valence-corrected chi connectivity index (χ4v) is 3.59. The first-order valence-corrected chi connectivity index (χ1v) is 9.49. The van der Waals surface area contributed by atoms with E-state index in [0.29, 0.717) is 25.7 Å². The Kier molecular flexibility index (Phi) is 6.12. The summed E-state index contributed by atoms with van der Waals surface area (Å²) in [5, 5.41) is 0. The average molecular weight is 365 g/mol. The van der Waals surface area contributed by atoms with Crippen LogP contribution in [0.15, 0.2) is 54.6 Å². The molecule has 1 unspecified atom stereocenters. The second kappa shape index (κ2) is 8.71. The van der Waals surface area contributed by atoms with Gasteiger partial charge in [-0.1, -0.05) is 48.5 Å². The van der Waals surface area contributed by atoms with Crippen LogP contribution in [-0.4, -0.2) is 35.8 Å². The van der Waals surface area contributed by atoms with Gasteiger partial charge in [0.05, 0.1) is 6.54 Å². The highest BCUT2D eigenvalue weighted by Crippen LogP contribution is 2.30. The Bertz CT molecular complexity index is 791. The van der Waals surface area contributed by atoms with Crippen molar-refractivity contribution < 1.29 is 9.59 Å². The van der Waals surface area contributed by atoms with Crippen molar-refractivity contribution in [2.45, 2.75) is 38.8 Å². The van der Waals surface area contributed by atoms with Gasteiger partial charge in [0.25, 0.3) is 0 Å². The number of aryl methyl sites for hydroxylation is 1. The molecule has 2 aromatic carbocycles. The monoisotopic (exact) mass is 365 g/mol. The molecule has 0 spiro atoms. The third-order valence-corrected chi connectivity index (χ3v) is 5.17. The molecule has 0 aromatic heterocycles. The van der Waals surface area contributed by atoms with Crippen LogP contribution >= 0.6 is 0 Å². The summed E-state index contributed by atoms with van der Waals surface area (Å²) < 4.78 is 0. The Labute approximate surface area is 160 Å². The molecule has 2 aromatic rings. The van der Waals surface area contributed by atoms with Gasteiger partial charge in [-0.25, -0.2) is 0 Å². The Morgan fingerprint density at radius 2 is 1.81 bits per heavy atom. The number of fused-ring (bicyclic) bond motifs is 1. The molecule has 0 aliphatic carbocycles. The number of hydrogen-bond donors (Lipinski definition) is 1. The van der Waals surface area contributed by atoms with Gasteiger partial charge in [-0.15, -0.1) is 0 Å². The van der Waals surface area contributed by atoms with E-state index >= 15 is 0 Å². The Morgan fingerprint density at radius 1 is 1.11 bits per heavy atom. The van der Waals surface area contributed by atoms with Crippen LogP contribution in [0.5, 0.6) is 0 Å². The van der Waals surface area contributed by atoms with Gasteiger partial charge in [0, 0.05) is 31.2 Å². The molecule has 1 atom stereocenters. The molecule has 1 heterocycles. The molecule has 142 valence electrons. The van der Waals surface area contributed by atoms with Gasteiger partial charge in [-0.2, -0.15) is 0 Å². The van der Waals surface area contributed by atoms with Crippen LogP contribution in [0.2, 0.25) is 0 Å². The second-order valence-corrected chi connectivity index (χ2v) is 7.16. The predicted octanol–water partition coefficient (Wildman–Crippen LogP) is 2.73. The zero-order valence-corrected chi connectivity index (χ0v) is 15.8. The molecule has 0 saturated carbocycles. The predicted molar refractivity (Wildman–Crippen MR) is 107 cm³/mol. The van der Waals surface area contributed by atoms with Gasteiger partial charge in [0.15, 0.2) is 0 Å². The van der Waals surface area contributed by atoms with Crippen molar-refractivity contribution >= 4 is 17.5 Å². The minimum absolute atomic E-state index is 0.0173. The van der Waals surface area contributed by atoms with Crippen LogP contribution in [0.1, 0.15) is 30.9 Å². The molecule has 3 rings (SSSR count). The quantitative estimate of drug-likeness (QED) is 0.820. The van der Waals surface area contributed by atoms with E-state index in [9.17, 15) is 9.59 Å². The van der Waals surface area contributed by atoms with Crippen molar-refractivity contribution in [1.82, 2.24) is 4.90 Å². The van der Waals surface area contributed by atoms with Gasteiger partial charge < -0.3 is 15.5 Å². The number of benzene rings is 2. The molecule has 5 nitrogen and oxygen atoms in total. The van der Waals surface area contributed by atoms with Gasteiger partial charge in [-0.05, 0) is 37.0 Å². The van der Waals surface area contributed by atoms with Gasteiger partial charge in [0.2, 0.25) is 11.8 Å². The molecule has 5 heteroatoms. The minimum Gasteiger partial charge on any atom is -0.370 e. The number of anilines is 1. The van der Waals surface area contributed by atoms with Crippen molar-refractivity contribution in [3.8, 4) is 0 Å². The maximum atomic E-state index is 13.1. The lowest BCUT2D eigenvalue weighted by Crippen LogP contribution is -2.46.